The number of nitrogens with two attached hydrogens (primary N) is 2. The molecule has 0 aromatic rings. The zero-order chi connectivity index (χ0) is 14.0. The average molecular weight is 266 g/mol. The topological polar surface area (TPSA) is 79.7 Å². The summed E-state index contributed by atoms with van der Waals surface area (Å²) < 4.78 is 5.40. The molecule has 0 fully saturated rings. The largest absolute Gasteiger partial charge is 0.411 e. The Balaban J connectivity index is 2.34. The van der Waals surface area contributed by atoms with Gasteiger partial charge in [0.05, 0.1) is 6.10 Å². The summed E-state index contributed by atoms with van der Waals surface area (Å²) in [6, 6.07) is 0. The molecule has 2 atom stereocenters. The lowest BCUT2D eigenvalue weighted by Gasteiger charge is -2.35. The molecule has 0 aliphatic heterocycles. The molecule has 5 nitrogen and oxygen atoms in total. The fourth-order valence-electron chi connectivity index (χ4n) is 2.70. The van der Waals surface area contributed by atoms with Crippen LogP contribution in [0.1, 0.15) is 26.7 Å². The first-order valence-corrected chi connectivity index (χ1v) is 6.42. The van der Waals surface area contributed by atoms with Crippen molar-refractivity contribution in [2.75, 3.05) is 7.11 Å². The molecular formula is C14H22N2O3. The van der Waals surface area contributed by atoms with Crippen molar-refractivity contribution in [3.8, 4) is 0 Å². The van der Waals surface area contributed by atoms with E-state index in [4.69, 9.17) is 26.2 Å². The highest BCUT2D eigenvalue weighted by Crippen LogP contribution is 2.40. The molecule has 0 bridgehead atoms. The first kappa shape index (κ1) is 14.3. The van der Waals surface area contributed by atoms with Crippen LogP contribution in [0.5, 0.6) is 0 Å². The van der Waals surface area contributed by atoms with Crippen molar-refractivity contribution in [2.45, 2.75) is 38.4 Å². The van der Waals surface area contributed by atoms with Crippen LogP contribution in [0.25, 0.3) is 0 Å². The van der Waals surface area contributed by atoms with Gasteiger partial charge in [0.25, 0.3) is 0 Å². The Kier molecular flexibility index (Phi) is 4.10. The van der Waals surface area contributed by atoms with E-state index in [1.54, 1.807) is 7.11 Å². The number of rotatable bonds is 4. The van der Waals surface area contributed by atoms with Gasteiger partial charge >= 0.3 is 0 Å². The normalized spacial score (nSPS) is 27.1. The molecule has 0 spiro atoms. The Morgan fingerprint density at radius 2 is 2.05 bits per heavy atom. The van der Waals surface area contributed by atoms with E-state index in [2.05, 4.69) is 12.2 Å². The van der Waals surface area contributed by atoms with Gasteiger partial charge in [0.2, 0.25) is 0 Å². The molecule has 2 aliphatic rings. The van der Waals surface area contributed by atoms with Gasteiger partial charge in [-0.15, -0.1) is 0 Å². The van der Waals surface area contributed by atoms with Gasteiger partial charge in [-0.1, -0.05) is 12.2 Å². The molecule has 2 rings (SSSR count). The molecule has 0 heterocycles. The van der Waals surface area contributed by atoms with E-state index in [0.717, 1.165) is 18.4 Å². The van der Waals surface area contributed by atoms with E-state index in [1.165, 1.54) is 5.57 Å². The van der Waals surface area contributed by atoms with Crippen LogP contribution in [-0.2, 0) is 14.4 Å². The van der Waals surface area contributed by atoms with Gasteiger partial charge in [0, 0.05) is 12.7 Å². The van der Waals surface area contributed by atoms with Gasteiger partial charge < -0.3 is 9.57 Å². The van der Waals surface area contributed by atoms with E-state index < -0.39 is 5.60 Å². The summed E-state index contributed by atoms with van der Waals surface area (Å²) >= 11 is 0. The van der Waals surface area contributed by atoms with Crippen LogP contribution in [0.4, 0.5) is 0 Å². The monoisotopic (exact) mass is 266 g/mol. The molecule has 106 valence electrons. The van der Waals surface area contributed by atoms with Crippen molar-refractivity contribution in [2.24, 2.45) is 17.7 Å². The minimum atomic E-state index is -0.597. The Hall–Kier alpha value is -1.14. The molecule has 0 aromatic carbocycles. The second-order valence-corrected chi connectivity index (χ2v) is 5.50. The summed E-state index contributed by atoms with van der Waals surface area (Å²) in [7, 11) is 1.73. The number of allylic oxidation sites excluding steroid dienone is 3. The van der Waals surface area contributed by atoms with Crippen LogP contribution < -0.4 is 11.8 Å². The van der Waals surface area contributed by atoms with Crippen molar-refractivity contribution in [1.82, 2.24) is 0 Å². The third-order valence-electron chi connectivity index (χ3n) is 3.99. The fourth-order valence-corrected chi connectivity index (χ4v) is 2.70. The molecule has 5 heteroatoms. The van der Waals surface area contributed by atoms with Crippen LogP contribution in [-0.4, -0.2) is 18.8 Å². The standard InChI is InChI=1S/C14H22N2O3/c1-14(2,19-16)12-7-10-6-11(17-3)5-4-9(10)8-13(12)18-15/h4-5,8,10-11H,6-7,15-16H2,1-3H3. The Labute approximate surface area is 113 Å². The van der Waals surface area contributed by atoms with E-state index in [9.17, 15) is 0 Å². The average Bonchev–Trinajstić information content (AvgIpc) is 2.45. The second-order valence-electron chi connectivity index (χ2n) is 5.50. The lowest BCUT2D eigenvalue weighted by molar-refractivity contribution is 0.000311. The van der Waals surface area contributed by atoms with E-state index in [1.807, 2.05) is 19.9 Å². The first-order chi connectivity index (χ1) is 9.01. The summed E-state index contributed by atoms with van der Waals surface area (Å²) in [4.78, 5) is 10.1. The predicted octanol–water partition coefficient (Wildman–Crippen LogP) is 1.72. The summed E-state index contributed by atoms with van der Waals surface area (Å²) in [5.74, 6) is 11.8. The van der Waals surface area contributed by atoms with Crippen LogP contribution in [0, 0.1) is 5.92 Å². The molecule has 2 aliphatic carbocycles. The van der Waals surface area contributed by atoms with Gasteiger partial charge in [-0.2, -0.15) is 5.90 Å². The molecule has 19 heavy (non-hydrogen) atoms. The molecule has 0 saturated heterocycles. The van der Waals surface area contributed by atoms with Crippen molar-refractivity contribution in [3.63, 3.8) is 0 Å². The summed E-state index contributed by atoms with van der Waals surface area (Å²) in [5, 5.41) is 0. The van der Waals surface area contributed by atoms with Gasteiger partial charge in [-0.3, -0.25) is 4.84 Å². The SMILES string of the molecule is COC1C=CC2=CC(ON)=C(C(C)(C)ON)CC2C1. The summed E-state index contributed by atoms with van der Waals surface area (Å²) in [6.45, 7) is 3.82. The second kappa shape index (κ2) is 5.46. The number of hydrogen-bond acceptors (Lipinski definition) is 5. The van der Waals surface area contributed by atoms with Crippen molar-refractivity contribution in [3.05, 3.63) is 35.1 Å². The lowest BCUT2D eigenvalue weighted by atomic mass is 9.75. The van der Waals surface area contributed by atoms with E-state index in [-0.39, 0.29) is 6.10 Å². The van der Waals surface area contributed by atoms with Gasteiger partial charge in [-0.05, 0) is 44.3 Å². The Bertz CT molecular complexity index is 438. The Morgan fingerprint density at radius 3 is 2.63 bits per heavy atom. The highest BCUT2D eigenvalue weighted by atomic mass is 16.6. The van der Waals surface area contributed by atoms with Gasteiger partial charge in [0.1, 0.15) is 11.4 Å². The summed E-state index contributed by atoms with van der Waals surface area (Å²) in [5.41, 5.74) is 1.60. The quantitative estimate of drug-likeness (QED) is 0.757. The highest BCUT2D eigenvalue weighted by molar-refractivity contribution is 5.41. The first-order valence-electron chi connectivity index (χ1n) is 6.42. The Morgan fingerprint density at radius 1 is 1.32 bits per heavy atom. The zero-order valence-corrected chi connectivity index (χ0v) is 11.7. The van der Waals surface area contributed by atoms with E-state index in [0.29, 0.717) is 11.7 Å². The van der Waals surface area contributed by atoms with Crippen LogP contribution in [0.3, 0.4) is 0 Å². The molecule has 2 unspecified atom stereocenters. The maximum absolute atomic E-state index is 5.40. The fraction of sp³-hybridized carbons (Fsp3) is 0.571. The van der Waals surface area contributed by atoms with Crippen LogP contribution in [0.2, 0.25) is 0 Å². The van der Waals surface area contributed by atoms with Crippen LogP contribution >= 0.6 is 0 Å². The molecule has 0 amide bonds. The zero-order valence-electron chi connectivity index (χ0n) is 11.7. The number of fused-ring (bicyclic) bond motifs is 1. The smallest absolute Gasteiger partial charge is 0.149 e. The van der Waals surface area contributed by atoms with Crippen molar-refractivity contribution in [1.29, 1.82) is 0 Å². The van der Waals surface area contributed by atoms with Gasteiger partial charge in [0.15, 0.2) is 0 Å². The number of hydrogen-bond donors (Lipinski definition) is 2. The maximum atomic E-state index is 5.40. The van der Waals surface area contributed by atoms with Crippen LogP contribution in [0.15, 0.2) is 35.1 Å². The summed E-state index contributed by atoms with van der Waals surface area (Å²) in [6.07, 6.45) is 8.02. The minimum Gasteiger partial charge on any atom is -0.411 e. The molecule has 0 aromatic heterocycles. The maximum Gasteiger partial charge on any atom is 0.149 e. The minimum absolute atomic E-state index is 0.158. The molecule has 0 saturated carbocycles. The van der Waals surface area contributed by atoms with Gasteiger partial charge in [-0.25, -0.2) is 5.90 Å². The lowest BCUT2D eigenvalue weighted by Crippen LogP contribution is -2.35. The van der Waals surface area contributed by atoms with Crippen molar-refractivity contribution >= 4 is 0 Å². The van der Waals surface area contributed by atoms with E-state index >= 15 is 0 Å². The molecule has 4 N–H and O–H groups in total. The highest BCUT2D eigenvalue weighted by Gasteiger charge is 2.35. The number of ether oxygens (including phenoxy) is 1. The van der Waals surface area contributed by atoms with Crippen molar-refractivity contribution < 1.29 is 14.4 Å². The number of methoxy groups -OCH3 is 1. The third-order valence-corrected chi connectivity index (χ3v) is 3.99. The molecular weight excluding hydrogens is 244 g/mol. The third kappa shape index (κ3) is 2.74. The predicted molar refractivity (Wildman–Crippen MR) is 72.4 cm³/mol. The molecule has 0 radical (unpaired) electrons.